The zero-order valence-electron chi connectivity index (χ0n) is 15.4. The first-order chi connectivity index (χ1) is 11.9. The molecule has 1 aliphatic carbocycles. The lowest BCUT2D eigenvalue weighted by atomic mass is 9.73. The molecule has 1 unspecified atom stereocenters. The van der Waals surface area contributed by atoms with Crippen LogP contribution >= 0.6 is 11.3 Å². The van der Waals surface area contributed by atoms with Crippen molar-refractivity contribution in [3.8, 4) is 10.4 Å². The van der Waals surface area contributed by atoms with Crippen molar-refractivity contribution in [1.29, 1.82) is 0 Å². The Balaban J connectivity index is 2.00. The van der Waals surface area contributed by atoms with E-state index in [1.807, 2.05) is 6.07 Å². The van der Waals surface area contributed by atoms with E-state index >= 15 is 0 Å². The largest absolute Gasteiger partial charge is 0.366 e. The molecule has 0 aliphatic heterocycles. The summed E-state index contributed by atoms with van der Waals surface area (Å²) in [5.41, 5.74) is 10.2. The number of primary amides is 1. The molecule has 0 spiro atoms. The Bertz CT molecular complexity index is 817. The molecule has 1 aromatic carbocycles. The molecule has 1 amide bonds. The Morgan fingerprint density at radius 3 is 2.68 bits per heavy atom. The van der Waals surface area contributed by atoms with Crippen molar-refractivity contribution in [1.82, 2.24) is 0 Å². The summed E-state index contributed by atoms with van der Waals surface area (Å²) >= 11 is 1.75. The van der Waals surface area contributed by atoms with Crippen molar-refractivity contribution >= 4 is 17.2 Å². The monoisotopic (exact) mass is 353 g/mol. The van der Waals surface area contributed by atoms with Gasteiger partial charge in [0.1, 0.15) is 0 Å². The molecule has 1 aliphatic rings. The fourth-order valence-electron chi connectivity index (χ4n) is 3.87. The first-order valence-electron chi connectivity index (χ1n) is 9.12. The predicted molar refractivity (Wildman–Crippen MR) is 107 cm³/mol. The molecule has 25 heavy (non-hydrogen) atoms. The molecule has 0 bridgehead atoms. The number of thiophene rings is 1. The van der Waals surface area contributed by atoms with Crippen LogP contribution in [0.25, 0.3) is 10.4 Å². The fourth-order valence-corrected chi connectivity index (χ4v) is 4.73. The van der Waals surface area contributed by atoms with E-state index in [0.29, 0.717) is 5.56 Å². The van der Waals surface area contributed by atoms with Gasteiger partial charge in [-0.25, -0.2) is 0 Å². The van der Waals surface area contributed by atoms with E-state index in [4.69, 9.17) is 5.73 Å². The first-order valence-corrected chi connectivity index (χ1v) is 9.93. The second kappa shape index (κ2) is 7.17. The molecule has 3 rings (SSSR count). The Labute approximate surface area is 154 Å². The highest BCUT2D eigenvalue weighted by Crippen LogP contribution is 2.41. The summed E-state index contributed by atoms with van der Waals surface area (Å²) in [4.78, 5) is 14.7. The Kier molecular flexibility index (Phi) is 5.14. The molecule has 0 saturated heterocycles. The summed E-state index contributed by atoms with van der Waals surface area (Å²) < 4.78 is 0. The lowest BCUT2D eigenvalue weighted by molar-refractivity contribution is 0.0997. The number of benzene rings is 1. The van der Waals surface area contributed by atoms with Crippen molar-refractivity contribution in [3.63, 3.8) is 0 Å². The molecule has 2 N–H and O–H groups in total. The van der Waals surface area contributed by atoms with E-state index in [9.17, 15) is 4.79 Å². The van der Waals surface area contributed by atoms with E-state index in [1.54, 1.807) is 11.3 Å². The minimum atomic E-state index is -0.320. The van der Waals surface area contributed by atoms with Crippen molar-refractivity contribution in [3.05, 3.63) is 58.0 Å². The smallest absolute Gasteiger partial charge is 0.249 e. The molecule has 2 nitrogen and oxygen atoms in total. The lowest BCUT2D eigenvalue weighted by Gasteiger charge is -2.31. The zero-order valence-corrected chi connectivity index (χ0v) is 16.2. The van der Waals surface area contributed by atoms with Gasteiger partial charge < -0.3 is 5.73 Å². The number of allylic oxidation sites excluding steroid dienone is 2. The third kappa shape index (κ3) is 3.72. The van der Waals surface area contributed by atoms with Crippen LogP contribution in [0.5, 0.6) is 0 Å². The van der Waals surface area contributed by atoms with E-state index in [1.165, 1.54) is 15.3 Å². The summed E-state index contributed by atoms with van der Waals surface area (Å²) in [5.74, 6) is -0.320. The molecule has 0 radical (unpaired) electrons. The van der Waals surface area contributed by atoms with Gasteiger partial charge in [-0.15, -0.1) is 11.3 Å². The molecule has 1 heterocycles. The minimum absolute atomic E-state index is 0.00167. The lowest BCUT2D eigenvalue weighted by Crippen LogP contribution is -2.26. The summed E-state index contributed by atoms with van der Waals surface area (Å²) in [6.07, 6.45) is 7.83. The third-order valence-corrected chi connectivity index (χ3v) is 6.59. The molecule has 2 aromatic rings. The summed E-state index contributed by atoms with van der Waals surface area (Å²) in [6, 6.07) is 10.5. The van der Waals surface area contributed by atoms with Crippen molar-refractivity contribution < 1.29 is 4.79 Å². The summed E-state index contributed by atoms with van der Waals surface area (Å²) in [5, 5.41) is 0. The average Bonchev–Trinajstić information content (AvgIpc) is 2.93. The standard InChI is InChI=1S/C22H27NOS/c1-4-16-6-5-12-22(3,13-11-16)19-9-8-17(14-18(19)21(23)24)20-10-7-15(2)25-20/h6-10,14H,4-5,11-13H2,1-3H3,(H2,23,24). The molecular formula is C22H27NOS. The van der Waals surface area contributed by atoms with Crippen LogP contribution < -0.4 is 5.73 Å². The van der Waals surface area contributed by atoms with Gasteiger partial charge in [-0.3, -0.25) is 4.79 Å². The number of nitrogens with two attached hydrogens (primary N) is 1. The third-order valence-electron chi connectivity index (χ3n) is 5.54. The number of carbonyl (C=O) groups is 1. The second-order valence-corrected chi connectivity index (χ2v) is 8.64. The molecule has 0 saturated carbocycles. The van der Waals surface area contributed by atoms with E-state index < -0.39 is 0 Å². The van der Waals surface area contributed by atoms with Gasteiger partial charge in [0.2, 0.25) is 5.91 Å². The fraction of sp³-hybridized carbons (Fsp3) is 0.409. The maximum Gasteiger partial charge on any atom is 0.249 e. The zero-order chi connectivity index (χ0) is 18.0. The number of aryl methyl sites for hydroxylation is 1. The van der Waals surface area contributed by atoms with Crippen molar-refractivity contribution in [2.45, 2.75) is 58.3 Å². The van der Waals surface area contributed by atoms with Crippen LogP contribution in [0.2, 0.25) is 0 Å². The quantitative estimate of drug-likeness (QED) is 0.674. The number of hydrogen-bond acceptors (Lipinski definition) is 2. The van der Waals surface area contributed by atoms with Crippen LogP contribution in [0.3, 0.4) is 0 Å². The van der Waals surface area contributed by atoms with Crippen LogP contribution in [-0.4, -0.2) is 5.91 Å². The van der Waals surface area contributed by atoms with Crippen LogP contribution in [0.15, 0.2) is 42.0 Å². The van der Waals surface area contributed by atoms with E-state index in [0.717, 1.165) is 43.2 Å². The Morgan fingerprint density at radius 1 is 1.24 bits per heavy atom. The topological polar surface area (TPSA) is 43.1 Å². The maximum absolute atomic E-state index is 12.2. The molecule has 1 atom stereocenters. The van der Waals surface area contributed by atoms with Crippen LogP contribution in [0, 0.1) is 6.92 Å². The molecule has 132 valence electrons. The van der Waals surface area contributed by atoms with Gasteiger partial charge in [0.15, 0.2) is 0 Å². The normalized spacial score (nSPS) is 20.8. The molecule has 1 aromatic heterocycles. The van der Waals surface area contributed by atoms with Crippen LogP contribution in [0.1, 0.15) is 66.8 Å². The van der Waals surface area contributed by atoms with Crippen LogP contribution in [0.4, 0.5) is 0 Å². The van der Waals surface area contributed by atoms with Gasteiger partial charge in [0, 0.05) is 15.3 Å². The highest BCUT2D eigenvalue weighted by atomic mass is 32.1. The second-order valence-electron chi connectivity index (χ2n) is 7.35. The Morgan fingerprint density at radius 2 is 2.04 bits per heavy atom. The minimum Gasteiger partial charge on any atom is -0.366 e. The van der Waals surface area contributed by atoms with Gasteiger partial charge in [-0.05, 0) is 73.8 Å². The summed E-state index contributed by atoms with van der Waals surface area (Å²) in [7, 11) is 0. The van der Waals surface area contributed by atoms with Crippen molar-refractivity contribution in [2.75, 3.05) is 0 Å². The SMILES string of the molecule is CCC1=CCCC(C)(c2ccc(-c3ccc(C)s3)cc2C(N)=O)CC1. The molecular weight excluding hydrogens is 326 g/mol. The van der Waals surface area contributed by atoms with E-state index in [2.05, 4.69) is 51.1 Å². The van der Waals surface area contributed by atoms with Crippen molar-refractivity contribution in [2.24, 2.45) is 5.73 Å². The highest BCUT2D eigenvalue weighted by Gasteiger charge is 2.31. The van der Waals surface area contributed by atoms with Crippen LogP contribution in [-0.2, 0) is 5.41 Å². The number of rotatable bonds is 4. The predicted octanol–water partition coefficient (Wildman–Crippen LogP) is 5.99. The summed E-state index contributed by atoms with van der Waals surface area (Å²) in [6.45, 7) is 6.61. The van der Waals surface area contributed by atoms with E-state index in [-0.39, 0.29) is 11.3 Å². The number of hydrogen-bond donors (Lipinski definition) is 1. The molecule has 0 fully saturated rings. The maximum atomic E-state index is 12.2. The number of carbonyl (C=O) groups excluding carboxylic acids is 1. The molecule has 3 heteroatoms. The van der Waals surface area contributed by atoms with Gasteiger partial charge in [0.05, 0.1) is 0 Å². The Hall–Kier alpha value is -1.87. The number of amides is 1. The van der Waals surface area contributed by atoms with Gasteiger partial charge in [-0.2, -0.15) is 0 Å². The first kappa shape index (κ1) is 17.9. The van der Waals surface area contributed by atoms with Gasteiger partial charge in [0.25, 0.3) is 0 Å². The average molecular weight is 354 g/mol. The van der Waals surface area contributed by atoms with Gasteiger partial charge in [-0.1, -0.05) is 37.6 Å². The van der Waals surface area contributed by atoms with Gasteiger partial charge >= 0.3 is 0 Å². The highest BCUT2D eigenvalue weighted by molar-refractivity contribution is 7.15.